The molecule has 0 fully saturated rings. The summed E-state index contributed by atoms with van der Waals surface area (Å²) in [4.78, 5) is 0.000334. The number of rotatable bonds is 3. The summed E-state index contributed by atoms with van der Waals surface area (Å²) in [6.45, 7) is 1.50. The summed E-state index contributed by atoms with van der Waals surface area (Å²) in [5.74, 6) is -0.481. The Balaban J connectivity index is 2.51. The van der Waals surface area contributed by atoms with Crippen LogP contribution in [0.2, 0.25) is 0 Å². The molecule has 0 radical (unpaired) electrons. The van der Waals surface area contributed by atoms with E-state index in [0.29, 0.717) is 14.6 Å². The molecule has 0 saturated heterocycles. The van der Waals surface area contributed by atoms with E-state index < -0.39 is 15.8 Å². The van der Waals surface area contributed by atoms with Crippen LogP contribution in [0.4, 0.5) is 15.8 Å². The van der Waals surface area contributed by atoms with Gasteiger partial charge in [0.05, 0.1) is 5.69 Å². The Hall–Kier alpha value is -1.12. The maximum Gasteiger partial charge on any atom is 0.264 e. The second-order valence-corrected chi connectivity index (χ2v) is 7.66. The van der Waals surface area contributed by atoms with Gasteiger partial charge in [0.2, 0.25) is 0 Å². The third-order valence-corrected chi connectivity index (χ3v) is 6.04. The monoisotopic (exact) mass is 436 g/mol. The first-order valence-electron chi connectivity index (χ1n) is 5.75. The van der Waals surface area contributed by atoms with E-state index in [0.717, 1.165) is 0 Å². The van der Waals surface area contributed by atoms with E-state index in [1.807, 2.05) is 0 Å². The number of nitrogens with two attached hydrogens (primary N) is 1. The van der Waals surface area contributed by atoms with Gasteiger partial charge in [-0.05, 0) is 63.0 Å². The molecule has 4 nitrogen and oxygen atoms in total. The molecular weight excluding hydrogens is 427 g/mol. The average Bonchev–Trinajstić information content (AvgIpc) is 2.33. The molecule has 8 heteroatoms. The minimum atomic E-state index is -3.90. The second-order valence-electron chi connectivity index (χ2n) is 4.33. The maximum atomic E-state index is 13.5. The fourth-order valence-corrected chi connectivity index (χ4v) is 5.49. The van der Waals surface area contributed by atoms with Gasteiger partial charge in [-0.15, -0.1) is 0 Å². The zero-order valence-electron chi connectivity index (χ0n) is 10.8. The van der Waals surface area contributed by atoms with Gasteiger partial charge in [-0.25, -0.2) is 12.8 Å². The van der Waals surface area contributed by atoms with Gasteiger partial charge in [-0.3, -0.25) is 4.72 Å². The third-order valence-electron chi connectivity index (χ3n) is 2.80. The van der Waals surface area contributed by atoms with Crippen LogP contribution < -0.4 is 10.5 Å². The van der Waals surface area contributed by atoms with Crippen molar-refractivity contribution in [2.24, 2.45) is 0 Å². The summed E-state index contributed by atoms with van der Waals surface area (Å²) >= 11 is 6.35. The molecule has 0 bridgehead atoms. The van der Waals surface area contributed by atoms with E-state index in [9.17, 15) is 12.8 Å². The molecule has 2 aromatic rings. The quantitative estimate of drug-likeness (QED) is 0.711. The van der Waals surface area contributed by atoms with Crippen molar-refractivity contribution in [3.8, 4) is 0 Å². The number of nitrogen functional groups attached to an aromatic ring is 1. The predicted molar refractivity (Wildman–Crippen MR) is 88.2 cm³/mol. The molecule has 0 saturated carbocycles. The van der Waals surface area contributed by atoms with Crippen molar-refractivity contribution in [2.45, 2.75) is 11.8 Å². The summed E-state index contributed by atoms with van der Waals surface area (Å²) in [6.07, 6.45) is 0. The van der Waals surface area contributed by atoms with Gasteiger partial charge in [0, 0.05) is 20.2 Å². The van der Waals surface area contributed by atoms with Crippen LogP contribution in [0.25, 0.3) is 0 Å². The summed E-state index contributed by atoms with van der Waals surface area (Å²) in [5.41, 5.74) is 6.47. The Morgan fingerprint density at radius 3 is 2.33 bits per heavy atom. The average molecular weight is 438 g/mol. The molecule has 2 rings (SSSR count). The molecule has 0 aromatic heterocycles. The lowest BCUT2D eigenvalue weighted by Gasteiger charge is -2.14. The highest BCUT2D eigenvalue weighted by Crippen LogP contribution is 2.34. The number of halogens is 3. The Morgan fingerprint density at radius 2 is 1.76 bits per heavy atom. The van der Waals surface area contributed by atoms with E-state index in [4.69, 9.17) is 5.73 Å². The molecule has 0 aliphatic heterocycles. The van der Waals surface area contributed by atoms with Crippen molar-refractivity contribution in [3.63, 3.8) is 0 Å². The molecule has 0 spiro atoms. The van der Waals surface area contributed by atoms with Crippen molar-refractivity contribution in [1.29, 1.82) is 0 Å². The Labute approximate surface area is 138 Å². The van der Waals surface area contributed by atoms with Gasteiger partial charge in [-0.2, -0.15) is 0 Å². The van der Waals surface area contributed by atoms with Crippen LogP contribution in [-0.4, -0.2) is 8.42 Å². The highest BCUT2D eigenvalue weighted by molar-refractivity contribution is 9.11. The lowest BCUT2D eigenvalue weighted by molar-refractivity contribution is 0.600. The van der Waals surface area contributed by atoms with Crippen LogP contribution in [0.5, 0.6) is 0 Å². The number of hydrogen-bond donors (Lipinski definition) is 2. The molecule has 0 aliphatic carbocycles. The first kappa shape index (κ1) is 16.3. The van der Waals surface area contributed by atoms with Gasteiger partial charge in [0.1, 0.15) is 10.7 Å². The first-order valence-corrected chi connectivity index (χ1v) is 8.82. The molecule has 0 atom stereocenters. The molecule has 0 heterocycles. The third kappa shape index (κ3) is 3.38. The van der Waals surface area contributed by atoms with Gasteiger partial charge >= 0.3 is 0 Å². The van der Waals surface area contributed by atoms with E-state index in [-0.39, 0.29) is 16.1 Å². The van der Waals surface area contributed by atoms with Gasteiger partial charge in [-0.1, -0.05) is 6.07 Å². The van der Waals surface area contributed by atoms with Crippen molar-refractivity contribution < 1.29 is 12.8 Å². The Morgan fingerprint density at radius 1 is 1.19 bits per heavy atom. The fraction of sp³-hybridized carbons (Fsp3) is 0.0769. The molecular formula is C13H11Br2FN2O2S. The van der Waals surface area contributed by atoms with Crippen LogP contribution in [0.3, 0.4) is 0 Å². The topological polar surface area (TPSA) is 72.2 Å². The van der Waals surface area contributed by atoms with Crippen molar-refractivity contribution in [3.05, 3.63) is 50.7 Å². The van der Waals surface area contributed by atoms with Crippen molar-refractivity contribution >= 4 is 53.3 Å². The van der Waals surface area contributed by atoms with Gasteiger partial charge in [0.15, 0.2) is 0 Å². The summed E-state index contributed by atoms with van der Waals surface area (Å²) in [5, 5.41) is 0. The SMILES string of the molecule is Cc1c(F)cccc1NS(=O)(=O)c1c(Br)cc(N)cc1Br. The normalized spacial score (nSPS) is 11.4. The number of anilines is 2. The number of sulfonamides is 1. The maximum absolute atomic E-state index is 13.5. The van der Waals surface area contributed by atoms with Crippen molar-refractivity contribution in [2.75, 3.05) is 10.5 Å². The number of nitrogens with one attached hydrogen (secondary N) is 1. The van der Waals surface area contributed by atoms with Crippen LogP contribution >= 0.6 is 31.9 Å². The predicted octanol–water partition coefficient (Wildman–Crippen LogP) is 4.04. The van der Waals surface area contributed by atoms with Gasteiger partial charge < -0.3 is 5.73 Å². The molecule has 0 unspecified atom stereocenters. The summed E-state index contributed by atoms with van der Waals surface area (Å²) < 4.78 is 41.5. The molecule has 3 N–H and O–H groups in total. The van der Waals surface area contributed by atoms with E-state index >= 15 is 0 Å². The lowest BCUT2D eigenvalue weighted by atomic mass is 10.2. The van der Waals surface area contributed by atoms with Crippen molar-refractivity contribution in [1.82, 2.24) is 0 Å². The van der Waals surface area contributed by atoms with Crippen LogP contribution in [-0.2, 0) is 10.0 Å². The highest BCUT2D eigenvalue weighted by atomic mass is 79.9. The standard InChI is InChI=1S/C13H11Br2FN2O2S/c1-7-11(16)3-2-4-12(7)18-21(19,20)13-9(14)5-8(17)6-10(13)15/h2-6,18H,17H2,1H3. The highest BCUT2D eigenvalue weighted by Gasteiger charge is 2.23. The van der Waals surface area contributed by atoms with Crippen LogP contribution in [0.15, 0.2) is 44.2 Å². The first-order chi connectivity index (χ1) is 9.72. The lowest BCUT2D eigenvalue weighted by Crippen LogP contribution is -2.15. The fourth-order valence-electron chi connectivity index (χ4n) is 1.75. The molecule has 112 valence electrons. The zero-order valence-corrected chi connectivity index (χ0v) is 14.8. The Kier molecular flexibility index (Phi) is 4.60. The second kappa shape index (κ2) is 5.94. The molecule has 0 aliphatic rings. The summed E-state index contributed by atoms with van der Waals surface area (Å²) in [6, 6.07) is 7.17. The Bertz CT molecular complexity index is 787. The molecule has 0 amide bonds. The van der Waals surface area contributed by atoms with Crippen LogP contribution in [0.1, 0.15) is 5.56 Å². The minimum Gasteiger partial charge on any atom is -0.399 e. The molecule has 21 heavy (non-hydrogen) atoms. The minimum absolute atomic E-state index is 0.000334. The zero-order chi connectivity index (χ0) is 15.8. The number of benzene rings is 2. The van der Waals surface area contributed by atoms with E-state index in [2.05, 4.69) is 36.6 Å². The van der Waals surface area contributed by atoms with E-state index in [1.165, 1.54) is 37.3 Å². The van der Waals surface area contributed by atoms with Crippen LogP contribution in [0, 0.1) is 12.7 Å². The summed E-state index contributed by atoms with van der Waals surface area (Å²) in [7, 11) is -3.90. The van der Waals surface area contributed by atoms with E-state index in [1.54, 1.807) is 0 Å². The largest absolute Gasteiger partial charge is 0.399 e. The molecule has 2 aromatic carbocycles. The van der Waals surface area contributed by atoms with Gasteiger partial charge in [0.25, 0.3) is 10.0 Å². The smallest absolute Gasteiger partial charge is 0.264 e. The number of hydrogen-bond acceptors (Lipinski definition) is 3.